The number of thioether (sulfide) groups is 1. The molecule has 1 saturated carbocycles. The fraction of sp³-hybridized carbons (Fsp3) is 0.923. The van der Waals surface area contributed by atoms with E-state index in [9.17, 15) is 0 Å². The molecule has 1 aliphatic carbocycles. The topological polar surface area (TPSA) is 24.4 Å². The highest BCUT2D eigenvalue weighted by molar-refractivity contribution is 8.14. The second-order valence-electron chi connectivity index (χ2n) is 5.60. The zero-order chi connectivity index (χ0) is 11.5. The van der Waals surface area contributed by atoms with E-state index in [2.05, 4.69) is 31.1 Å². The second-order valence-corrected chi connectivity index (χ2v) is 6.82. The van der Waals surface area contributed by atoms with Gasteiger partial charge in [-0.1, -0.05) is 45.4 Å². The molecule has 1 fully saturated rings. The predicted molar refractivity (Wildman–Crippen MR) is 73.0 cm³/mol. The highest BCUT2D eigenvalue weighted by Gasteiger charge is 2.26. The Balaban J connectivity index is 1.71. The summed E-state index contributed by atoms with van der Waals surface area (Å²) in [6.07, 6.45) is 4.24. The van der Waals surface area contributed by atoms with Gasteiger partial charge in [0.1, 0.15) is 0 Å². The quantitative estimate of drug-likeness (QED) is 0.819. The minimum Gasteiger partial charge on any atom is -0.365 e. The molecule has 3 unspecified atom stereocenters. The van der Waals surface area contributed by atoms with Crippen LogP contribution in [0.5, 0.6) is 0 Å². The predicted octanol–water partition coefficient (Wildman–Crippen LogP) is 3.14. The fourth-order valence-corrected chi connectivity index (χ4v) is 3.60. The second kappa shape index (κ2) is 5.44. The van der Waals surface area contributed by atoms with Gasteiger partial charge in [-0.25, -0.2) is 0 Å². The van der Waals surface area contributed by atoms with Crippen LogP contribution in [-0.4, -0.2) is 23.5 Å². The van der Waals surface area contributed by atoms with E-state index < -0.39 is 0 Å². The number of amidine groups is 1. The molecule has 0 bridgehead atoms. The van der Waals surface area contributed by atoms with Crippen LogP contribution in [0.1, 0.15) is 40.0 Å². The monoisotopic (exact) mass is 240 g/mol. The standard InChI is InChI=1S/C13H24N2S/c1-9(2)12-8-15-13(16-12)14-7-11-6-4-5-10(11)3/h9-12H,4-8H2,1-3H3,(H,14,15). The summed E-state index contributed by atoms with van der Waals surface area (Å²) in [5, 5.41) is 5.44. The normalized spacial score (nSPS) is 34.5. The average Bonchev–Trinajstić information content (AvgIpc) is 2.83. The molecule has 16 heavy (non-hydrogen) atoms. The summed E-state index contributed by atoms with van der Waals surface area (Å²) in [5.41, 5.74) is 0. The van der Waals surface area contributed by atoms with E-state index in [-0.39, 0.29) is 0 Å². The van der Waals surface area contributed by atoms with E-state index in [1.807, 2.05) is 11.8 Å². The third kappa shape index (κ3) is 2.93. The highest BCUT2D eigenvalue weighted by atomic mass is 32.2. The number of aliphatic imine (C=N–C) groups is 1. The van der Waals surface area contributed by atoms with Gasteiger partial charge in [-0.05, 0) is 24.2 Å². The number of hydrogen-bond acceptors (Lipinski definition) is 3. The van der Waals surface area contributed by atoms with Crippen LogP contribution in [-0.2, 0) is 0 Å². The van der Waals surface area contributed by atoms with Crippen LogP contribution in [0.3, 0.4) is 0 Å². The molecule has 0 radical (unpaired) electrons. The van der Waals surface area contributed by atoms with Crippen molar-refractivity contribution in [3.8, 4) is 0 Å². The van der Waals surface area contributed by atoms with Crippen molar-refractivity contribution in [2.45, 2.75) is 45.3 Å². The summed E-state index contributed by atoms with van der Waals surface area (Å²) >= 11 is 1.94. The number of nitrogens with zero attached hydrogens (tertiary/aromatic N) is 1. The minimum absolute atomic E-state index is 0.698. The van der Waals surface area contributed by atoms with Crippen LogP contribution in [0.25, 0.3) is 0 Å². The molecule has 2 nitrogen and oxygen atoms in total. The molecule has 0 aromatic rings. The molecule has 3 heteroatoms. The molecule has 0 aromatic heterocycles. The zero-order valence-electron chi connectivity index (χ0n) is 10.7. The van der Waals surface area contributed by atoms with E-state index in [1.54, 1.807) is 0 Å². The smallest absolute Gasteiger partial charge is 0.156 e. The van der Waals surface area contributed by atoms with E-state index >= 15 is 0 Å². The van der Waals surface area contributed by atoms with E-state index in [0.29, 0.717) is 5.25 Å². The molecule has 2 aliphatic rings. The van der Waals surface area contributed by atoms with E-state index in [1.165, 1.54) is 24.4 Å². The molecule has 0 aromatic carbocycles. The van der Waals surface area contributed by atoms with Crippen molar-refractivity contribution in [2.75, 3.05) is 13.1 Å². The van der Waals surface area contributed by atoms with Crippen LogP contribution < -0.4 is 5.32 Å². The number of nitrogens with one attached hydrogen (secondary N) is 1. The number of rotatable bonds is 3. The molecule has 0 amide bonds. The molecular formula is C13H24N2S. The molecule has 92 valence electrons. The lowest BCUT2D eigenvalue weighted by molar-refractivity contribution is 0.416. The van der Waals surface area contributed by atoms with Gasteiger partial charge in [0.2, 0.25) is 0 Å². The Morgan fingerprint density at radius 3 is 2.81 bits per heavy atom. The fourth-order valence-electron chi connectivity index (χ4n) is 2.58. The van der Waals surface area contributed by atoms with Crippen molar-refractivity contribution in [3.63, 3.8) is 0 Å². The van der Waals surface area contributed by atoms with Crippen LogP contribution in [0.4, 0.5) is 0 Å². The summed E-state index contributed by atoms with van der Waals surface area (Å²) < 4.78 is 0. The van der Waals surface area contributed by atoms with Crippen LogP contribution in [0.15, 0.2) is 4.99 Å². The molecule has 1 N–H and O–H groups in total. The Bertz CT molecular complexity index is 263. The third-order valence-electron chi connectivity index (χ3n) is 3.98. The lowest BCUT2D eigenvalue weighted by Gasteiger charge is -2.17. The van der Waals surface area contributed by atoms with E-state index in [0.717, 1.165) is 30.8 Å². The van der Waals surface area contributed by atoms with Crippen LogP contribution in [0.2, 0.25) is 0 Å². The first kappa shape index (κ1) is 12.3. The molecule has 2 rings (SSSR count). The summed E-state index contributed by atoms with van der Waals surface area (Å²) in [4.78, 5) is 4.59. The summed E-state index contributed by atoms with van der Waals surface area (Å²) in [7, 11) is 0. The van der Waals surface area contributed by atoms with Gasteiger partial charge in [-0.15, -0.1) is 0 Å². The van der Waals surface area contributed by atoms with Crippen molar-refractivity contribution in [1.82, 2.24) is 5.32 Å². The van der Waals surface area contributed by atoms with Gasteiger partial charge in [-0.2, -0.15) is 0 Å². The lowest BCUT2D eigenvalue weighted by Crippen LogP contribution is -2.28. The Hall–Kier alpha value is -0.180. The lowest BCUT2D eigenvalue weighted by atomic mass is 9.98. The summed E-state index contributed by atoms with van der Waals surface area (Å²) in [5.74, 6) is 2.51. The van der Waals surface area contributed by atoms with Gasteiger partial charge < -0.3 is 5.32 Å². The first-order valence-electron chi connectivity index (χ1n) is 6.61. The maximum atomic E-state index is 4.59. The van der Waals surface area contributed by atoms with Gasteiger partial charge in [0.25, 0.3) is 0 Å². The van der Waals surface area contributed by atoms with Crippen LogP contribution in [0, 0.1) is 17.8 Å². The van der Waals surface area contributed by atoms with Gasteiger partial charge in [0.15, 0.2) is 5.17 Å². The molecule has 0 saturated heterocycles. The zero-order valence-corrected chi connectivity index (χ0v) is 11.5. The molecule has 1 heterocycles. The summed E-state index contributed by atoms with van der Waals surface area (Å²) in [6.45, 7) is 9.10. The molecule has 3 atom stereocenters. The largest absolute Gasteiger partial charge is 0.365 e. The maximum absolute atomic E-state index is 4.59. The Morgan fingerprint density at radius 2 is 2.25 bits per heavy atom. The SMILES string of the molecule is CC(C)C1CN=C(NCC2CCCC2C)S1. The van der Waals surface area contributed by atoms with Gasteiger partial charge in [0, 0.05) is 11.8 Å². The summed E-state index contributed by atoms with van der Waals surface area (Å²) in [6, 6.07) is 0. The van der Waals surface area contributed by atoms with Crippen molar-refractivity contribution in [1.29, 1.82) is 0 Å². The molecule has 0 spiro atoms. The maximum Gasteiger partial charge on any atom is 0.156 e. The molecular weight excluding hydrogens is 216 g/mol. The van der Waals surface area contributed by atoms with Crippen LogP contribution >= 0.6 is 11.8 Å². The highest BCUT2D eigenvalue weighted by Crippen LogP contribution is 2.31. The van der Waals surface area contributed by atoms with E-state index in [4.69, 9.17) is 0 Å². The first-order chi connectivity index (χ1) is 7.66. The third-order valence-corrected chi connectivity index (χ3v) is 5.47. The van der Waals surface area contributed by atoms with Gasteiger partial charge in [-0.3, -0.25) is 4.99 Å². The van der Waals surface area contributed by atoms with Crippen molar-refractivity contribution >= 4 is 16.9 Å². The Morgan fingerprint density at radius 1 is 1.44 bits per heavy atom. The van der Waals surface area contributed by atoms with Crippen molar-refractivity contribution in [3.05, 3.63) is 0 Å². The van der Waals surface area contributed by atoms with Gasteiger partial charge in [0.05, 0.1) is 6.54 Å². The first-order valence-corrected chi connectivity index (χ1v) is 7.49. The minimum atomic E-state index is 0.698. The van der Waals surface area contributed by atoms with Crippen molar-refractivity contribution in [2.24, 2.45) is 22.7 Å². The van der Waals surface area contributed by atoms with Crippen molar-refractivity contribution < 1.29 is 0 Å². The van der Waals surface area contributed by atoms with Gasteiger partial charge >= 0.3 is 0 Å². The number of hydrogen-bond donors (Lipinski definition) is 1. The molecule has 1 aliphatic heterocycles. The Labute approximate surface area is 104 Å². The Kier molecular flexibility index (Phi) is 4.17. The average molecular weight is 240 g/mol.